The summed E-state index contributed by atoms with van der Waals surface area (Å²) in [4.78, 5) is 12.6. The zero-order valence-electron chi connectivity index (χ0n) is 17.1. The molecule has 3 rings (SSSR count). The molecule has 1 aromatic heterocycles. The second-order valence-corrected chi connectivity index (χ2v) is 8.99. The van der Waals surface area contributed by atoms with Crippen molar-refractivity contribution in [2.45, 2.75) is 13.8 Å². The zero-order chi connectivity index (χ0) is 22.1. The Morgan fingerprint density at radius 3 is 2.43 bits per heavy atom. The van der Waals surface area contributed by atoms with E-state index in [1.165, 1.54) is 44.5 Å². The lowest BCUT2D eigenvalue weighted by Crippen LogP contribution is -2.20. The molecule has 0 aliphatic rings. The molecule has 160 valence electrons. The van der Waals surface area contributed by atoms with E-state index in [2.05, 4.69) is 10.0 Å². The van der Waals surface area contributed by atoms with Crippen molar-refractivity contribution < 1.29 is 26.8 Å². The highest BCUT2D eigenvalue weighted by Crippen LogP contribution is 2.39. The highest BCUT2D eigenvalue weighted by Gasteiger charge is 2.24. The SMILES string of the molecule is CNC(=O)c1c(-c2ccc(F)cc2)oc2cc(NS(=O)(=O)CC(C)C)c(OC)cc12. The van der Waals surface area contributed by atoms with E-state index >= 15 is 0 Å². The molecule has 2 N–H and O–H groups in total. The monoisotopic (exact) mass is 434 g/mol. The third kappa shape index (κ3) is 4.40. The number of ether oxygens (including phenoxy) is 1. The molecule has 1 amide bonds. The first-order valence-electron chi connectivity index (χ1n) is 9.28. The van der Waals surface area contributed by atoms with E-state index in [4.69, 9.17) is 9.15 Å². The van der Waals surface area contributed by atoms with Crippen LogP contribution in [0.4, 0.5) is 10.1 Å². The summed E-state index contributed by atoms with van der Waals surface area (Å²) in [6.07, 6.45) is 0. The number of sulfonamides is 1. The van der Waals surface area contributed by atoms with Crippen LogP contribution in [0.25, 0.3) is 22.3 Å². The van der Waals surface area contributed by atoms with Gasteiger partial charge in [-0.3, -0.25) is 9.52 Å². The Balaban J connectivity index is 2.20. The maximum absolute atomic E-state index is 13.3. The lowest BCUT2D eigenvalue weighted by molar-refractivity contribution is 0.0964. The molecule has 0 unspecified atom stereocenters. The number of hydrogen-bond acceptors (Lipinski definition) is 5. The van der Waals surface area contributed by atoms with Crippen LogP contribution in [0.2, 0.25) is 0 Å². The van der Waals surface area contributed by atoms with Gasteiger partial charge in [-0.25, -0.2) is 12.8 Å². The highest BCUT2D eigenvalue weighted by atomic mass is 32.2. The molecule has 0 bridgehead atoms. The molecule has 7 nitrogen and oxygen atoms in total. The average molecular weight is 434 g/mol. The van der Waals surface area contributed by atoms with Crippen LogP contribution >= 0.6 is 0 Å². The molecule has 9 heteroatoms. The van der Waals surface area contributed by atoms with Crippen molar-refractivity contribution in [3.05, 3.63) is 47.8 Å². The largest absolute Gasteiger partial charge is 0.495 e. The third-order valence-electron chi connectivity index (χ3n) is 4.39. The van der Waals surface area contributed by atoms with Crippen LogP contribution in [0.5, 0.6) is 5.75 Å². The Hall–Kier alpha value is -3.07. The number of hydrogen-bond donors (Lipinski definition) is 2. The van der Waals surface area contributed by atoms with E-state index in [0.717, 1.165) is 0 Å². The van der Waals surface area contributed by atoms with Gasteiger partial charge in [0.1, 0.15) is 22.9 Å². The van der Waals surface area contributed by atoms with Crippen LogP contribution in [-0.4, -0.2) is 34.2 Å². The second-order valence-electron chi connectivity index (χ2n) is 7.22. The van der Waals surface area contributed by atoms with Crippen molar-refractivity contribution in [3.8, 4) is 17.1 Å². The molecule has 0 saturated carbocycles. The number of carbonyl (C=O) groups excluding carboxylic acids is 1. The number of methoxy groups -OCH3 is 1. The molecular weight excluding hydrogens is 411 g/mol. The van der Waals surface area contributed by atoms with Gasteiger partial charge in [0.25, 0.3) is 5.91 Å². The Kier molecular flexibility index (Phi) is 6.02. The molecule has 0 spiro atoms. The number of halogens is 1. The molecule has 0 atom stereocenters. The third-order valence-corrected chi connectivity index (χ3v) is 6.03. The minimum Gasteiger partial charge on any atom is -0.495 e. The van der Waals surface area contributed by atoms with E-state index in [1.807, 2.05) is 0 Å². The first-order valence-corrected chi connectivity index (χ1v) is 10.9. The predicted octanol–water partition coefficient (Wildman–Crippen LogP) is 4.00. The number of rotatable bonds is 7. The minimum atomic E-state index is -3.61. The van der Waals surface area contributed by atoms with E-state index in [1.54, 1.807) is 19.9 Å². The van der Waals surface area contributed by atoms with Gasteiger partial charge >= 0.3 is 0 Å². The normalized spacial score (nSPS) is 11.7. The smallest absolute Gasteiger partial charge is 0.255 e. The molecular formula is C21H23FN2O5S. The summed E-state index contributed by atoms with van der Waals surface area (Å²) in [5.74, 6) is -0.453. The molecule has 0 fully saturated rings. The lowest BCUT2D eigenvalue weighted by atomic mass is 10.0. The minimum absolute atomic E-state index is 0.0589. The molecule has 0 aliphatic carbocycles. The number of fused-ring (bicyclic) bond motifs is 1. The maximum atomic E-state index is 13.3. The topological polar surface area (TPSA) is 97.6 Å². The molecule has 30 heavy (non-hydrogen) atoms. The van der Waals surface area contributed by atoms with Crippen LogP contribution in [0.1, 0.15) is 24.2 Å². The summed E-state index contributed by atoms with van der Waals surface area (Å²) in [5, 5.41) is 3.01. The van der Waals surface area contributed by atoms with Gasteiger partial charge in [-0.2, -0.15) is 0 Å². The van der Waals surface area contributed by atoms with Crippen molar-refractivity contribution in [1.29, 1.82) is 0 Å². The summed E-state index contributed by atoms with van der Waals surface area (Å²) in [6, 6.07) is 8.56. The van der Waals surface area contributed by atoms with Crippen LogP contribution in [0, 0.1) is 11.7 Å². The van der Waals surface area contributed by atoms with Crippen LogP contribution in [0.3, 0.4) is 0 Å². The van der Waals surface area contributed by atoms with E-state index < -0.39 is 21.7 Å². The van der Waals surface area contributed by atoms with E-state index in [9.17, 15) is 17.6 Å². The number of furan rings is 1. The van der Waals surface area contributed by atoms with Crippen molar-refractivity contribution in [1.82, 2.24) is 5.32 Å². The highest BCUT2D eigenvalue weighted by molar-refractivity contribution is 7.92. The van der Waals surface area contributed by atoms with Crippen molar-refractivity contribution >= 4 is 32.6 Å². The number of amides is 1. The molecule has 1 heterocycles. The maximum Gasteiger partial charge on any atom is 0.255 e. The van der Waals surface area contributed by atoms with Gasteiger partial charge < -0.3 is 14.5 Å². The summed E-state index contributed by atoms with van der Waals surface area (Å²) < 4.78 is 51.9. The average Bonchev–Trinajstić information content (AvgIpc) is 3.04. The Bertz CT molecular complexity index is 1180. The quantitative estimate of drug-likeness (QED) is 0.586. The van der Waals surface area contributed by atoms with Gasteiger partial charge in [0, 0.05) is 24.1 Å². The fraction of sp³-hybridized carbons (Fsp3) is 0.286. The van der Waals surface area contributed by atoms with Gasteiger partial charge in [0.15, 0.2) is 0 Å². The van der Waals surface area contributed by atoms with Gasteiger partial charge in [-0.05, 0) is 36.2 Å². The second kappa shape index (κ2) is 8.35. The summed E-state index contributed by atoms with van der Waals surface area (Å²) in [5.41, 5.74) is 1.24. The van der Waals surface area contributed by atoms with E-state index in [0.29, 0.717) is 10.9 Å². The van der Waals surface area contributed by atoms with Gasteiger partial charge in [-0.1, -0.05) is 13.8 Å². The lowest BCUT2D eigenvalue weighted by Gasteiger charge is -2.13. The number of benzene rings is 2. The fourth-order valence-corrected chi connectivity index (χ4v) is 4.63. The number of nitrogens with one attached hydrogen (secondary N) is 2. The standard InChI is InChI=1S/C21H23FN2O5S/c1-12(2)11-30(26,27)24-16-10-17-15(9-18(16)28-4)19(21(25)23-3)20(29-17)13-5-7-14(22)8-6-13/h5-10,12,24H,11H2,1-4H3,(H,23,25). The Morgan fingerprint density at radius 1 is 1.20 bits per heavy atom. The summed E-state index contributed by atoms with van der Waals surface area (Å²) >= 11 is 0. The van der Waals surface area contributed by atoms with Crippen molar-refractivity contribution in [2.24, 2.45) is 5.92 Å². The first kappa shape index (κ1) is 21.6. The molecule has 0 radical (unpaired) electrons. The summed E-state index contributed by atoms with van der Waals surface area (Å²) in [6.45, 7) is 3.60. The van der Waals surface area contributed by atoms with Gasteiger partial charge in [0.2, 0.25) is 10.0 Å². The first-order chi connectivity index (χ1) is 14.1. The van der Waals surface area contributed by atoms with E-state index in [-0.39, 0.29) is 40.0 Å². The van der Waals surface area contributed by atoms with Gasteiger partial charge in [0.05, 0.1) is 24.1 Å². The van der Waals surface area contributed by atoms with Crippen LogP contribution in [-0.2, 0) is 10.0 Å². The molecule has 0 saturated heterocycles. The van der Waals surface area contributed by atoms with Crippen molar-refractivity contribution in [2.75, 3.05) is 24.6 Å². The molecule has 3 aromatic rings. The van der Waals surface area contributed by atoms with Gasteiger partial charge in [-0.15, -0.1) is 0 Å². The number of anilines is 1. The summed E-state index contributed by atoms with van der Waals surface area (Å²) in [7, 11) is -0.717. The fourth-order valence-electron chi connectivity index (χ4n) is 3.17. The molecule has 0 aliphatic heterocycles. The van der Waals surface area contributed by atoms with Crippen molar-refractivity contribution in [3.63, 3.8) is 0 Å². The van der Waals surface area contributed by atoms with Crippen LogP contribution in [0.15, 0.2) is 40.8 Å². The predicted molar refractivity (Wildman–Crippen MR) is 114 cm³/mol. The Morgan fingerprint density at radius 2 is 1.87 bits per heavy atom. The Labute approximate surface area is 174 Å². The number of carbonyl (C=O) groups is 1. The zero-order valence-corrected chi connectivity index (χ0v) is 17.9. The molecule has 2 aromatic carbocycles. The van der Waals surface area contributed by atoms with Crippen LogP contribution < -0.4 is 14.8 Å².